The van der Waals surface area contributed by atoms with Gasteiger partial charge in [-0.1, -0.05) is 30.3 Å². The molecule has 1 aliphatic rings. The number of piperazine rings is 1. The number of nitrogens with one attached hydrogen (secondary N) is 1. The van der Waals surface area contributed by atoms with Crippen LogP contribution in [-0.4, -0.2) is 47.2 Å². The lowest BCUT2D eigenvalue weighted by Gasteiger charge is -2.35. The SMILES string of the molecule is O=C(Nc1ccc(N2CCN(Cc3ccccc3)CC2)nn1)c1ccco1. The minimum atomic E-state index is -0.337. The van der Waals surface area contributed by atoms with Crippen LogP contribution in [0.5, 0.6) is 0 Å². The molecule has 0 spiro atoms. The lowest BCUT2D eigenvalue weighted by Crippen LogP contribution is -2.46. The summed E-state index contributed by atoms with van der Waals surface area (Å²) >= 11 is 0. The molecule has 7 heteroatoms. The Labute approximate surface area is 157 Å². The topological polar surface area (TPSA) is 74.5 Å². The molecule has 1 saturated heterocycles. The van der Waals surface area contributed by atoms with Crippen molar-refractivity contribution >= 4 is 17.5 Å². The van der Waals surface area contributed by atoms with E-state index in [9.17, 15) is 4.79 Å². The molecule has 3 aromatic rings. The molecule has 0 radical (unpaired) electrons. The van der Waals surface area contributed by atoms with E-state index in [0.29, 0.717) is 5.82 Å². The molecule has 2 aromatic heterocycles. The molecule has 1 aliphatic heterocycles. The molecule has 0 aliphatic carbocycles. The summed E-state index contributed by atoms with van der Waals surface area (Å²) in [6.45, 7) is 4.73. The van der Waals surface area contributed by atoms with Crippen LogP contribution < -0.4 is 10.2 Å². The highest BCUT2D eigenvalue weighted by molar-refractivity contribution is 6.01. The molecule has 7 nitrogen and oxygen atoms in total. The summed E-state index contributed by atoms with van der Waals surface area (Å²) in [5.74, 6) is 1.14. The van der Waals surface area contributed by atoms with Crippen LogP contribution in [0.1, 0.15) is 16.1 Å². The van der Waals surface area contributed by atoms with E-state index in [4.69, 9.17) is 4.42 Å². The minimum Gasteiger partial charge on any atom is -0.459 e. The van der Waals surface area contributed by atoms with E-state index >= 15 is 0 Å². The number of amides is 1. The molecule has 0 bridgehead atoms. The lowest BCUT2D eigenvalue weighted by molar-refractivity contribution is 0.0996. The lowest BCUT2D eigenvalue weighted by atomic mass is 10.2. The number of nitrogens with zero attached hydrogens (tertiary/aromatic N) is 4. The summed E-state index contributed by atoms with van der Waals surface area (Å²) in [5, 5.41) is 11.0. The van der Waals surface area contributed by atoms with Gasteiger partial charge < -0.3 is 14.6 Å². The fourth-order valence-electron chi connectivity index (χ4n) is 3.12. The quantitative estimate of drug-likeness (QED) is 0.751. The van der Waals surface area contributed by atoms with E-state index in [1.807, 2.05) is 12.1 Å². The Hall–Kier alpha value is -3.19. The molecular weight excluding hydrogens is 342 g/mol. The van der Waals surface area contributed by atoms with Gasteiger partial charge in [-0.15, -0.1) is 10.2 Å². The largest absolute Gasteiger partial charge is 0.459 e. The van der Waals surface area contributed by atoms with Crippen LogP contribution in [0.15, 0.2) is 65.3 Å². The molecule has 27 heavy (non-hydrogen) atoms. The van der Waals surface area contributed by atoms with Crippen molar-refractivity contribution in [2.75, 3.05) is 36.4 Å². The monoisotopic (exact) mass is 363 g/mol. The Morgan fingerprint density at radius 1 is 0.963 bits per heavy atom. The van der Waals surface area contributed by atoms with Gasteiger partial charge in [0.2, 0.25) is 0 Å². The third-order valence-electron chi connectivity index (χ3n) is 4.58. The van der Waals surface area contributed by atoms with Gasteiger partial charge in [-0.3, -0.25) is 9.69 Å². The zero-order valence-electron chi connectivity index (χ0n) is 14.9. The molecule has 1 amide bonds. The molecular formula is C20H21N5O2. The van der Waals surface area contributed by atoms with Crippen LogP contribution in [0.25, 0.3) is 0 Å². The summed E-state index contributed by atoms with van der Waals surface area (Å²) < 4.78 is 5.07. The molecule has 1 aromatic carbocycles. The van der Waals surface area contributed by atoms with Crippen LogP contribution in [0.3, 0.4) is 0 Å². The van der Waals surface area contributed by atoms with Gasteiger partial charge in [0.05, 0.1) is 6.26 Å². The molecule has 0 saturated carbocycles. The van der Waals surface area contributed by atoms with Gasteiger partial charge in [0.25, 0.3) is 5.91 Å². The maximum atomic E-state index is 12.0. The average Bonchev–Trinajstić information content (AvgIpc) is 3.25. The summed E-state index contributed by atoms with van der Waals surface area (Å²) in [7, 11) is 0. The molecule has 3 heterocycles. The van der Waals surface area contributed by atoms with Gasteiger partial charge >= 0.3 is 0 Å². The van der Waals surface area contributed by atoms with Crippen molar-refractivity contribution in [2.45, 2.75) is 6.54 Å². The van der Waals surface area contributed by atoms with Crippen LogP contribution in [0.4, 0.5) is 11.6 Å². The summed E-state index contributed by atoms with van der Waals surface area (Å²) in [6.07, 6.45) is 1.46. The summed E-state index contributed by atoms with van der Waals surface area (Å²) in [4.78, 5) is 16.6. The predicted molar refractivity (Wildman–Crippen MR) is 103 cm³/mol. The van der Waals surface area contributed by atoms with Crippen molar-refractivity contribution < 1.29 is 9.21 Å². The van der Waals surface area contributed by atoms with Crippen molar-refractivity contribution in [1.29, 1.82) is 0 Å². The first-order valence-electron chi connectivity index (χ1n) is 8.98. The number of anilines is 2. The average molecular weight is 363 g/mol. The standard InChI is InChI=1S/C20H21N5O2/c26-20(17-7-4-14-27-17)21-18-8-9-19(23-22-18)25-12-10-24(11-13-25)15-16-5-2-1-3-6-16/h1-9,14H,10-13,15H2,(H,21,22,26). The Balaban J connectivity index is 1.30. The van der Waals surface area contributed by atoms with Crippen molar-refractivity contribution in [3.05, 3.63) is 72.2 Å². The van der Waals surface area contributed by atoms with Gasteiger partial charge in [0, 0.05) is 32.7 Å². The van der Waals surface area contributed by atoms with E-state index in [1.165, 1.54) is 11.8 Å². The maximum Gasteiger partial charge on any atom is 0.292 e. The summed E-state index contributed by atoms with van der Waals surface area (Å²) in [6, 6.07) is 17.4. The van der Waals surface area contributed by atoms with Gasteiger partial charge in [-0.05, 0) is 29.8 Å². The number of aromatic nitrogens is 2. The Bertz CT molecular complexity index is 857. The molecule has 0 unspecified atom stereocenters. The highest BCUT2D eigenvalue weighted by Crippen LogP contribution is 2.16. The van der Waals surface area contributed by atoms with E-state index < -0.39 is 0 Å². The van der Waals surface area contributed by atoms with E-state index in [1.54, 1.807) is 18.2 Å². The van der Waals surface area contributed by atoms with Crippen LogP contribution in [0.2, 0.25) is 0 Å². The Morgan fingerprint density at radius 3 is 2.44 bits per heavy atom. The van der Waals surface area contributed by atoms with E-state index in [2.05, 4.69) is 49.6 Å². The number of hydrogen-bond acceptors (Lipinski definition) is 6. The van der Waals surface area contributed by atoms with Gasteiger partial charge in [-0.2, -0.15) is 0 Å². The van der Waals surface area contributed by atoms with Crippen LogP contribution in [-0.2, 0) is 6.54 Å². The second kappa shape index (κ2) is 8.01. The fourth-order valence-corrected chi connectivity index (χ4v) is 3.12. The first-order valence-corrected chi connectivity index (χ1v) is 8.98. The third kappa shape index (κ3) is 4.32. The highest BCUT2D eigenvalue weighted by Gasteiger charge is 2.18. The number of benzene rings is 1. The first kappa shape index (κ1) is 17.2. The highest BCUT2D eigenvalue weighted by atomic mass is 16.3. The zero-order chi connectivity index (χ0) is 18.5. The normalized spacial score (nSPS) is 14.9. The number of rotatable bonds is 5. The van der Waals surface area contributed by atoms with Gasteiger partial charge in [-0.25, -0.2) is 0 Å². The first-order chi connectivity index (χ1) is 13.3. The molecule has 138 valence electrons. The van der Waals surface area contributed by atoms with E-state index in [-0.39, 0.29) is 11.7 Å². The third-order valence-corrected chi connectivity index (χ3v) is 4.58. The van der Waals surface area contributed by atoms with Crippen molar-refractivity contribution in [1.82, 2.24) is 15.1 Å². The van der Waals surface area contributed by atoms with E-state index in [0.717, 1.165) is 38.5 Å². The molecule has 0 atom stereocenters. The number of carbonyl (C=O) groups is 1. The van der Waals surface area contributed by atoms with Crippen molar-refractivity contribution in [3.63, 3.8) is 0 Å². The number of carbonyl (C=O) groups excluding carboxylic acids is 1. The second-order valence-electron chi connectivity index (χ2n) is 6.46. The van der Waals surface area contributed by atoms with Crippen molar-refractivity contribution in [2.24, 2.45) is 0 Å². The Kier molecular flexibility index (Phi) is 5.11. The summed E-state index contributed by atoms with van der Waals surface area (Å²) in [5.41, 5.74) is 1.34. The maximum absolute atomic E-state index is 12.0. The fraction of sp³-hybridized carbons (Fsp3) is 0.250. The zero-order valence-corrected chi connectivity index (χ0v) is 14.9. The molecule has 1 N–H and O–H groups in total. The number of furan rings is 1. The number of hydrogen-bond donors (Lipinski definition) is 1. The second-order valence-corrected chi connectivity index (χ2v) is 6.46. The van der Waals surface area contributed by atoms with Crippen molar-refractivity contribution in [3.8, 4) is 0 Å². The van der Waals surface area contributed by atoms with Gasteiger partial charge in [0.1, 0.15) is 0 Å². The van der Waals surface area contributed by atoms with Gasteiger partial charge in [0.15, 0.2) is 17.4 Å². The molecule has 4 rings (SSSR count). The Morgan fingerprint density at radius 2 is 1.78 bits per heavy atom. The van der Waals surface area contributed by atoms with Crippen LogP contribution in [0, 0.1) is 0 Å². The molecule has 1 fully saturated rings. The predicted octanol–water partition coefficient (Wildman–Crippen LogP) is 2.64. The minimum absolute atomic E-state index is 0.246. The smallest absolute Gasteiger partial charge is 0.292 e. The van der Waals surface area contributed by atoms with Crippen LogP contribution >= 0.6 is 0 Å².